The van der Waals surface area contributed by atoms with E-state index in [-0.39, 0.29) is 42.7 Å². The second kappa shape index (κ2) is 9.24. The molecule has 0 bridgehead atoms. The molecule has 2 atom stereocenters. The van der Waals surface area contributed by atoms with Crippen LogP contribution in [0.4, 0.5) is 4.39 Å². The van der Waals surface area contributed by atoms with E-state index >= 15 is 0 Å². The van der Waals surface area contributed by atoms with Crippen molar-refractivity contribution in [2.24, 2.45) is 11.7 Å². The van der Waals surface area contributed by atoms with Gasteiger partial charge in [-0.1, -0.05) is 6.92 Å². The van der Waals surface area contributed by atoms with Crippen LogP contribution in [-0.4, -0.2) is 49.5 Å². The number of halogens is 1. The van der Waals surface area contributed by atoms with Gasteiger partial charge in [0.05, 0.1) is 17.5 Å². The Kier molecular flexibility index (Phi) is 7.25. The van der Waals surface area contributed by atoms with Crippen molar-refractivity contribution in [1.29, 1.82) is 0 Å². The van der Waals surface area contributed by atoms with Crippen molar-refractivity contribution in [3.8, 4) is 0 Å². The first-order valence-corrected chi connectivity index (χ1v) is 10.4. The molecule has 1 saturated heterocycles. The lowest BCUT2D eigenvalue weighted by molar-refractivity contribution is -0.128. The molecule has 1 fully saturated rings. The number of carbonyl (C=O) groups excluding carboxylic acids is 3. The first kappa shape index (κ1) is 22.0. The number of ketones is 1. The third kappa shape index (κ3) is 5.83. The first-order chi connectivity index (χ1) is 13.1. The minimum absolute atomic E-state index is 0.0459. The van der Waals surface area contributed by atoms with Crippen LogP contribution in [-0.2, 0) is 24.4 Å². The second-order valence-corrected chi connectivity index (χ2v) is 8.94. The zero-order chi connectivity index (χ0) is 20.9. The van der Waals surface area contributed by atoms with E-state index in [1.54, 1.807) is 6.92 Å². The maximum Gasteiger partial charge on any atom is 0.243 e. The summed E-state index contributed by atoms with van der Waals surface area (Å²) in [6, 6.07) is 3.60. The number of hydrogen-bond donors (Lipinski definition) is 2. The van der Waals surface area contributed by atoms with E-state index in [0.717, 1.165) is 28.6 Å². The van der Waals surface area contributed by atoms with Gasteiger partial charge in [0.1, 0.15) is 5.82 Å². The van der Waals surface area contributed by atoms with E-state index in [9.17, 15) is 27.2 Å². The van der Waals surface area contributed by atoms with Crippen LogP contribution in [0.3, 0.4) is 0 Å². The fraction of sp³-hybridized carbons (Fsp3) is 0.500. The fourth-order valence-corrected chi connectivity index (χ4v) is 4.54. The molecule has 0 spiro atoms. The van der Waals surface area contributed by atoms with Crippen LogP contribution < -0.4 is 11.1 Å². The average molecular weight is 413 g/mol. The lowest BCUT2D eigenvalue weighted by Gasteiger charge is -2.20. The number of rotatable bonds is 7. The summed E-state index contributed by atoms with van der Waals surface area (Å²) in [6.07, 6.45) is 0.804. The van der Waals surface area contributed by atoms with Crippen molar-refractivity contribution in [2.75, 3.05) is 13.1 Å². The predicted octanol–water partition coefficient (Wildman–Crippen LogP) is 0.566. The summed E-state index contributed by atoms with van der Waals surface area (Å²) in [4.78, 5) is 35.4. The van der Waals surface area contributed by atoms with Crippen molar-refractivity contribution in [2.45, 2.75) is 43.5 Å². The summed E-state index contributed by atoms with van der Waals surface area (Å²) in [5.74, 6) is -2.12. The van der Waals surface area contributed by atoms with Gasteiger partial charge in [-0.05, 0) is 43.0 Å². The molecule has 1 aliphatic heterocycles. The van der Waals surface area contributed by atoms with E-state index in [4.69, 9.17) is 5.73 Å². The molecular weight excluding hydrogens is 389 g/mol. The minimum atomic E-state index is -3.94. The molecule has 0 aliphatic carbocycles. The molecule has 1 unspecified atom stereocenters. The highest BCUT2D eigenvalue weighted by Gasteiger charge is 2.33. The predicted molar refractivity (Wildman–Crippen MR) is 98.9 cm³/mol. The minimum Gasteiger partial charge on any atom is -0.370 e. The Morgan fingerprint density at radius 2 is 1.93 bits per heavy atom. The summed E-state index contributed by atoms with van der Waals surface area (Å²) in [5, 5.41) is 2.62. The normalized spacial score (nSPS) is 19.6. The van der Waals surface area contributed by atoms with Crippen LogP contribution in [0.25, 0.3) is 0 Å². The van der Waals surface area contributed by atoms with Crippen LogP contribution in [0, 0.1) is 11.7 Å². The van der Waals surface area contributed by atoms with Crippen molar-refractivity contribution in [3.05, 3.63) is 30.1 Å². The molecule has 154 valence electrons. The molecule has 1 heterocycles. The SMILES string of the molecule is CC(CC(N)=O)CC(=O)N[C@H]1CCCN(S(=O)(=O)c2ccc(F)cc2)CC1=O. The molecule has 28 heavy (non-hydrogen) atoms. The number of sulfonamides is 1. The molecule has 0 aromatic heterocycles. The largest absolute Gasteiger partial charge is 0.370 e. The van der Waals surface area contributed by atoms with Crippen LogP contribution in [0.15, 0.2) is 29.2 Å². The molecule has 1 aliphatic rings. The van der Waals surface area contributed by atoms with Crippen LogP contribution in [0.2, 0.25) is 0 Å². The standard InChI is InChI=1S/C18H24FN3O5S/c1-12(9-17(20)24)10-18(25)21-15-3-2-8-22(11-16(15)23)28(26,27)14-6-4-13(19)5-7-14/h4-7,12,15H,2-3,8-11H2,1H3,(H2,20,24)(H,21,25)/t12?,15-/m0/s1. The quantitative estimate of drug-likeness (QED) is 0.676. The highest BCUT2D eigenvalue weighted by Crippen LogP contribution is 2.20. The maximum atomic E-state index is 13.0. The van der Waals surface area contributed by atoms with Crippen LogP contribution in [0.1, 0.15) is 32.6 Å². The van der Waals surface area contributed by atoms with Gasteiger partial charge in [0, 0.05) is 19.4 Å². The molecule has 0 saturated carbocycles. The van der Waals surface area contributed by atoms with Crippen molar-refractivity contribution in [3.63, 3.8) is 0 Å². The Morgan fingerprint density at radius 1 is 1.29 bits per heavy atom. The summed E-state index contributed by atoms with van der Waals surface area (Å²) >= 11 is 0. The molecule has 10 heteroatoms. The number of nitrogens with one attached hydrogen (secondary N) is 1. The van der Waals surface area contributed by atoms with Crippen molar-refractivity contribution < 1.29 is 27.2 Å². The lowest BCUT2D eigenvalue weighted by Crippen LogP contribution is -2.44. The highest BCUT2D eigenvalue weighted by atomic mass is 32.2. The molecular formula is C18H24FN3O5S. The summed E-state index contributed by atoms with van der Waals surface area (Å²) < 4.78 is 39.5. The number of amides is 2. The Bertz CT molecular complexity index is 841. The lowest BCUT2D eigenvalue weighted by atomic mass is 10.0. The Balaban J connectivity index is 2.01. The second-order valence-electron chi connectivity index (χ2n) is 7.00. The molecule has 3 N–H and O–H groups in total. The van der Waals surface area contributed by atoms with Crippen LogP contribution >= 0.6 is 0 Å². The number of nitrogens with two attached hydrogens (primary N) is 1. The van der Waals surface area contributed by atoms with E-state index in [1.165, 1.54) is 0 Å². The molecule has 1 aromatic rings. The summed E-state index contributed by atoms with van der Waals surface area (Å²) in [6.45, 7) is 1.45. The molecule has 2 rings (SSSR count). The Hall–Kier alpha value is -2.33. The fourth-order valence-electron chi connectivity index (χ4n) is 3.09. The van der Waals surface area contributed by atoms with Gasteiger partial charge in [-0.15, -0.1) is 0 Å². The van der Waals surface area contributed by atoms with E-state index < -0.39 is 33.6 Å². The smallest absolute Gasteiger partial charge is 0.243 e. The zero-order valence-corrected chi connectivity index (χ0v) is 16.4. The molecule has 0 radical (unpaired) electrons. The van der Waals surface area contributed by atoms with Gasteiger partial charge < -0.3 is 11.1 Å². The molecule has 2 amide bonds. The maximum absolute atomic E-state index is 13.0. The third-order valence-corrected chi connectivity index (χ3v) is 6.35. The van der Waals surface area contributed by atoms with Gasteiger partial charge in [0.15, 0.2) is 5.78 Å². The molecule has 1 aromatic carbocycles. The number of carbonyl (C=O) groups is 3. The number of benzene rings is 1. The number of Topliss-reactive ketones (excluding diaryl/α,β-unsaturated/α-hetero) is 1. The third-order valence-electron chi connectivity index (χ3n) is 4.49. The topological polar surface area (TPSA) is 127 Å². The Labute approximate surface area is 163 Å². The monoisotopic (exact) mass is 413 g/mol. The van der Waals surface area contributed by atoms with Gasteiger partial charge in [-0.3, -0.25) is 14.4 Å². The molecule has 8 nitrogen and oxygen atoms in total. The van der Waals surface area contributed by atoms with Crippen LogP contribution in [0.5, 0.6) is 0 Å². The van der Waals surface area contributed by atoms with Crippen molar-refractivity contribution >= 4 is 27.6 Å². The number of hydrogen-bond acceptors (Lipinski definition) is 5. The van der Waals surface area contributed by atoms with Crippen molar-refractivity contribution in [1.82, 2.24) is 9.62 Å². The number of primary amides is 1. The van der Waals surface area contributed by atoms with Gasteiger partial charge in [0.2, 0.25) is 21.8 Å². The number of nitrogens with zero attached hydrogens (tertiary/aromatic N) is 1. The van der Waals surface area contributed by atoms with Gasteiger partial charge in [0.25, 0.3) is 0 Å². The van der Waals surface area contributed by atoms with Gasteiger partial charge >= 0.3 is 0 Å². The average Bonchev–Trinajstić information content (AvgIpc) is 2.76. The van der Waals surface area contributed by atoms with Gasteiger partial charge in [-0.2, -0.15) is 4.31 Å². The zero-order valence-electron chi connectivity index (χ0n) is 15.6. The Morgan fingerprint density at radius 3 is 2.54 bits per heavy atom. The first-order valence-electron chi connectivity index (χ1n) is 8.95. The highest BCUT2D eigenvalue weighted by molar-refractivity contribution is 7.89. The van der Waals surface area contributed by atoms with E-state index in [0.29, 0.717) is 12.8 Å². The van der Waals surface area contributed by atoms with E-state index in [2.05, 4.69) is 5.32 Å². The summed E-state index contributed by atoms with van der Waals surface area (Å²) in [5.41, 5.74) is 5.10. The summed E-state index contributed by atoms with van der Waals surface area (Å²) in [7, 11) is -3.94. The van der Waals surface area contributed by atoms with E-state index in [1.807, 2.05) is 0 Å². The van der Waals surface area contributed by atoms with Gasteiger partial charge in [-0.25, -0.2) is 12.8 Å².